The maximum absolute atomic E-state index is 16.8. The van der Waals surface area contributed by atoms with Crippen LogP contribution in [0.4, 0.5) is 0 Å². The predicted octanol–water partition coefficient (Wildman–Crippen LogP) is 3.05. The van der Waals surface area contributed by atoms with Gasteiger partial charge in [0, 0.05) is 83.5 Å². The lowest BCUT2D eigenvalue weighted by molar-refractivity contribution is -0.154. The Hall–Kier alpha value is -19.1. The van der Waals surface area contributed by atoms with Crippen LogP contribution in [0.5, 0.6) is 172 Å². The lowest BCUT2D eigenvalue weighted by Crippen LogP contribution is -2.56. The van der Waals surface area contributed by atoms with Gasteiger partial charge in [0.05, 0.1) is 61.6 Å². The summed E-state index contributed by atoms with van der Waals surface area (Å²) in [6.45, 7) is -4.22. The summed E-state index contributed by atoms with van der Waals surface area (Å²) in [4.78, 5) is 159. The Morgan fingerprint density at radius 1 is 0.180 bits per heavy atom. The van der Waals surface area contributed by atoms with Gasteiger partial charge in [0.15, 0.2) is 164 Å². The number of rotatable bonds is 1. The standard InChI is InChI=1S/C82H50O51/c83-13-1-8-20(46(93)41(13)88)21-9(2-14(84)42(89)47(21)94)76(117)128-67-18(6-124-73(8)114)126-74(115)10-3-15(85)43(90)48(95)22(10)26-36-28(54(101)62(109)52(26)99)29-38-33(59(106)65(112)55(29)102)34(69(130-79(38)120)71(67)132-80(36)121)32-35-25(51(98)64(111)58(32)105)24-12(5-17(87)45(92)50(24)97)77(118)129-68-19(7-125-78(35)119)127-75(116)11-4-16(86)44(91)49(96)23(11)27-37-30(56(103)63(110)53(27)100)31-39-40(60(107)66(113)57(31)104)61(108)70(131-82(39)123)72(68)133-81(37)122/h1-5,18-19,34,61,67-72,83-113H,6-7H2/t18-,19-,34?,61-,67-,68-,69+,70+,71+,72+/m1/s1. The van der Waals surface area contributed by atoms with Gasteiger partial charge in [-0.1, -0.05) is 0 Å². The Labute approximate surface area is 726 Å². The summed E-state index contributed by atoms with van der Waals surface area (Å²) < 4.78 is 58.6. The summed E-state index contributed by atoms with van der Waals surface area (Å²) >= 11 is 0. The molecule has 10 atom stereocenters. The average Bonchev–Trinajstić information content (AvgIpc) is 1.51. The molecule has 0 aliphatic carbocycles. The quantitative estimate of drug-likeness (QED) is 0.0638. The first kappa shape index (κ1) is 84.7. The zero-order valence-electron chi connectivity index (χ0n) is 64.6. The minimum atomic E-state index is -3.66. The third-order valence-electron chi connectivity index (χ3n) is 23.4. The van der Waals surface area contributed by atoms with Crippen LogP contribution in [0.15, 0.2) is 30.3 Å². The van der Waals surface area contributed by atoms with Crippen molar-refractivity contribution in [3.05, 3.63) is 103 Å². The first-order valence-electron chi connectivity index (χ1n) is 37.2. The number of aliphatic hydroxyl groups excluding tert-OH is 1. The number of phenols is 30. The second-order valence-electron chi connectivity index (χ2n) is 30.3. The van der Waals surface area contributed by atoms with Gasteiger partial charge in [-0.25, -0.2) is 47.9 Å². The van der Waals surface area contributed by atoms with E-state index in [-0.39, 0.29) is 30.3 Å². The van der Waals surface area contributed by atoms with E-state index >= 15 is 38.4 Å². The van der Waals surface area contributed by atoms with Gasteiger partial charge in [-0.05, 0) is 30.3 Å². The molecule has 684 valence electrons. The van der Waals surface area contributed by atoms with Gasteiger partial charge in [0.25, 0.3) is 0 Å². The molecule has 0 radical (unpaired) electrons. The lowest BCUT2D eigenvalue weighted by Gasteiger charge is -2.43. The van der Waals surface area contributed by atoms with E-state index < -0.39 is 445 Å². The van der Waals surface area contributed by atoms with Crippen LogP contribution in [0, 0.1) is 0 Å². The number of aromatic hydroxyl groups is 30. The topological polar surface area (TPSA) is 890 Å². The molecule has 0 saturated carbocycles. The molecular formula is C82H50O51. The van der Waals surface area contributed by atoms with Crippen LogP contribution in [0.25, 0.3) is 66.8 Å². The van der Waals surface area contributed by atoms with E-state index in [0.717, 1.165) is 0 Å². The molecule has 0 saturated heterocycles. The summed E-state index contributed by atoms with van der Waals surface area (Å²) in [5.74, 6) is -84.2. The summed E-state index contributed by atoms with van der Waals surface area (Å²) in [5, 5.41) is 369. The Morgan fingerprint density at radius 2 is 0.391 bits per heavy atom. The van der Waals surface area contributed by atoms with Gasteiger partial charge in [0.1, 0.15) is 19.3 Å². The third-order valence-corrected chi connectivity index (χ3v) is 23.4. The number of benzene rings is 10. The Balaban J connectivity index is 0.956. The highest BCUT2D eigenvalue weighted by Gasteiger charge is 2.61. The Bertz CT molecular complexity index is 7280. The van der Waals surface area contributed by atoms with Gasteiger partial charge in [-0.15, -0.1) is 0 Å². The van der Waals surface area contributed by atoms with E-state index in [9.17, 15) is 168 Å². The molecule has 31 N–H and O–H groups in total. The fourth-order valence-electron chi connectivity index (χ4n) is 17.5. The first-order chi connectivity index (χ1) is 62.6. The normalized spacial score (nSPS) is 20.8. The Kier molecular flexibility index (Phi) is 18.1. The molecule has 0 amide bonds. The van der Waals surface area contributed by atoms with E-state index in [1.165, 1.54) is 0 Å². The van der Waals surface area contributed by atoms with E-state index in [4.69, 9.17) is 47.4 Å². The molecular weight excluding hydrogens is 1800 g/mol. The molecule has 1 unspecified atom stereocenters. The number of phenolic OH excluding ortho intramolecular Hbond substituents is 30. The average molecular weight is 1850 g/mol. The molecule has 12 bridgehead atoms. The number of fused-ring (bicyclic) bond motifs is 14. The van der Waals surface area contributed by atoms with Gasteiger partial charge < -0.3 is 206 Å². The van der Waals surface area contributed by atoms with Crippen molar-refractivity contribution >= 4 is 59.7 Å². The van der Waals surface area contributed by atoms with Crippen molar-refractivity contribution in [2.45, 2.75) is 60.9 Å². The number of cyclic esters (lactones) is 2. The number of carbonyl (C=O) groups excluding carboxylic acids is 10. The van der Waals surface area contributed by atoms with Crippen molar-refractivity contribution in [3.8, 4) is 239 Å². The molecule has 10 aliphatic heterocycles. The van der Waals surface area contributed by atoms with Crippen molar-refractivity contribution in [3.63, 3.8) is 0 Å². The number of aliphatic hydroxyl groups is 1. The Morgan fingerprint density at radius 3 is 0.729 bits per heavy atom. The maximum Gasteiger partial charge on any atom is 0.340 e. The van der Waals surface area contributed by atoms with Gasteiger partial charge in [-0.3, -0.25) is 0 Å². The van der Waals surface area contributed by atoms with Crippen LogP contribution in [0.2, 0.25) is 0 Å². The SMILES string of the molecule is O=C1OC[C@H]2OC(=O)c3cc(O)c(O)c(O)c3-c3c(O)c(O)c(O)c4c3C(=O)O[C@@H]([C@@H]2OC(=O)c2cc(O)c(O)c(O)c2-c2c1cc(O)c(O)c2O)[C@H]1OC(=O)c2c-4c(O)c(O)c(O)c2C1c1c(O)c(O)c(O)c2c1C(=O)OC[C@H]1OC(=O)c3cc(O)c(O)c(O)c3-c3c(O)c(O)c(O)c4c3C(=O)O[C@H]([C@H]3OC(=O)c5c-4c(O)c(O)c(O)c5[C@H]3O)[C@@H]1OC(=O)c1cc(O)c(O)c(O)c1-2. The van der Waals surface area contributed by atoms with Crippen LogP contribution in [0.3, 0.4) is 0 Å². The highest BCUT2D eigenvalue weighted by atomic mass is 16.7. The number of esters is 10. The van der Waals surface area contributed by atoms with E-state index in [1.54, 1.807) is 0 Å². The van der Waals surface area contributed by atoms with Gasteiger partial charge in [0.2, 0.25) is 57.5 Å². The smallest absolute Gasteiger partial charge is 0.340 e. The van der Waals surface area contributed by atoms with Crippen molar-refractivity contribution in [1.82, 2.24) is 0 Å². The number of ether oxygens (including phenoxy) is 10. The molecule has 51 nitrogen and oxygen atoms in total. The summed E-state index contributed by atoms with van der Waals surface area (Å²) in [7, 11) is 0. The molecule has 10 aromatic carbocycles. The van der Waals surface area contributed by atoms with Gasteiger partial charge >= 0.3 is 59.7 Å². The second-order valence-corrected chi connectivity index (χ2v) is 30.3. The molecule has 0 aromatic heterocycles. The number of hydrogen-bond donors (Lipinski definition) is 31. The molecule has 10 aliphatic rings. The predicted molar refractivity (Wildman–Crippen MR) is 409 cm³/mol. The van der Waals surface area contributed by atoms with Crippen LogP contribution < -0.4 is 0 Å². The highest BCUT2D eigenvalue weighted by molar-refractivity contribution is 6.20. The van der Waals surface area contributed by atoms with E-state index in [0.29, 0.717) is 0 Å². The molecule has 0 spiro atoms. The summed E-state index contributed by atoms with van der Waals surface area (Å²) in [5.41, 5.74) is -42.6. The second kappa shape index (κ2) is 28.4. The zero-order valence-corrected chi connectivity index (χ0v) is 64.6. The fourth-order valence-corrected chi connectivity index (χ4v) is 17.5. The molecule has 20 rings (SSSR count). The van der Waals surface area contributed by atoms with E-state index in [1.807, 2.05) is 0 Å². The monoisotopic (exact) mass is 1850 g/mol. The van der Waals surface area contributed by atoms with Crippen molar-refractivity contribution < 1.29 is 254 Å². The lowest BCUT2D eigenvalue weighted by atomic mass is 9.72. The van der Waals surface area contributed by atoms with Gasteiger partial charge in [-0.2, -0.15) is 0 Å². The van der Waals surface area contributed by atoms with E-state index in [2.05, 4.69) is 0 Å². The summed E-state index contributed by atoms with van der Waals surface area (Å²) in [6, 6.07) is 0.454. The zero-order chi connectivity index (χ0) is 96.3. The van der Waals surface area contributed by atoms with Crippen LogP contribution in [0.1, 0.15) is 132 Å². The van der Waals surface area contributed by atoms with Crippen LogP contribution >= 0.6 is 0 Å². The first-order valence-corrected chi connectivity index (χ1v) is 37.2. The summed E-state index contributed by atoms with van der Waals surface area (Å²) in [6.07, 6.45) is -30.1. The van der Waals surface area contributed by atoms with Crippen molar-refractivity contribution in [2.75, 3.05) is 13.2 Å². The minimum Gasteiger partial charge on any atom is -0.504 e. The highest BCUT2D eigenvalue weighted by Crippen LogP contribution is 2.68. The maximum atomic E-state index is 16.8. The van der Waals surface area contributed by atoms with Crippen LogP contribution in [-0.4, -0.2) is 280 Å². The molecule has 10 aromatic rings. The molecule has 0 fully saturated rings. The molecule has 133 heavy (non-hydrogen) atoms. The molecule has 51 heteroatoms. The van der Waals surface area contributed by atoms with Crippen LogP contribution in [-0.2, 0) is 47.4 Å². The molecule has 10 heterocycles. The largest absolute Gasteiger partial charge is 0.504 e. The third kappa shape index (κ3) is 11.3. The number of carbonyl (C=O) groups is 10. The van der Waals surface area contributed by atoms with Crippen molar-refractivity contribution in [1.29, 1.82) is 0 Å². The minimum absolute atomic E-state index is 0.0437. The van der Waals surface area contributed by atoms with Crippen molar-refractivity contribution in [2.24, 2.45) is 0 Å². The fraction of sp³-hybridized carbons (Fsp3) is 0.146. The number of hydrogen-bond acceptors (Lipinski definition) is 51.